The zero-order valence-electron chi connectivity index (χ0n) is 19.7. The molecule has 1 aliphatic heterocycles. The van der Waals surface area contributed by atoms with Crippen LogP contribution in [-0.4, -0.2) is 27.0 Å². The van der Waals surface area contributed by atoms with E-state index >= 15 is 0 Å². The van der Waals surface area contributed by atoms with Crippen LogP contribution < -0.4 is 20.3 Å². The van der Waals surface area contributed by atoms with Gasteiger partial charge in [-0.3, -0.25) is 14.3 Å². The molecule has 6 rings (SSSR count). The van der Waals surface area contributed by atoms with E-state index in [-0.39, 0.29) is 23.9 Å². The molecule has 0 fully saturated rings. The Hall–Kier alpha value is -4.85. The average molecular weight is 479 g/mol. The maximum Gasteiger partial charge on any atom is 0.295 e. The van der Waals surface area contributed by atoms with E-state index in [9.17, 15) is 9.59 Å². The van der Waals surface area contributed by atoms with E-state index in [1.807, 2.05) is 72.8 Å². The van der Waals surface area contributed by atoms with Crippen molar-refractivity contribution in [3.63, 3.8) is 0 Å². The molecular weight excluding hydrogens is 456 g/mol. The monoisotopic (exact) mass is 478 g/mol. The van der Waals surface area contributed by atoms with Gasteiger partial charge in [0.25, 0.3) is 11.5 Å². The van der Waals surface area contributed by atoms with E-state index in [1.165, 1.54) is 4.68 Å². The van der Waals surface area contributed by atoms with Gasteiger partial charge in [-0.25, -0.2) is 9.67 Å². The summed E-state index contributed by atoms with van der Waals surface area (Å²) < 4.78 is 14.2. The quantitative estimate of drug-likeness (QED) is 0.405. The molecule has 1 N–H and O–H groups in total. The highest BCUT2D eigenvalue weighted by molar-refractivity contribution is 6.13. The SMILES string of the molecule is Cc1c(NC(=O)c2cc(-c3ccc4c(c3)OCO4)nc3ccccc23)c(=O)n(-c2ccccc2)n1C. The van der Waals surface area contributed by atoms with Gasteiger partial charge in [-0.2, -0.15) is 0 Å². The van der Waals surface area contributed by atoms with Crippen LogP contribution in [-0.2, 0) is 7.05 Å². The predicted octanol–water partition coefficient (Wildman–Crippen LogP) is 4.68. The first-order valence-corrected chi connectivity index (χ1v) is 11.5. The van der Waals surface area contributed by atoms with Gasteiger partial charge in [0.2, 0.25) is 6.79 Å². The zero-order valence-corrected chi connectivity index (χ0v) is 19.7. The van der Waals surface area contributed by atoms with Crippen LogP contribution >= 0.6 is 0 Å². The van der Waals surface area contributed by atoms with Crippen LogP contribution in [0.3, 0.4) is 0 Å². The van der Waals surface area contributed by atoms with Crippen molar-refractivity contribution in [1.82, 2.24) is 14.3 Å². The Morgan fingerprint density at radius 1 is 0.944 bits per heavy atom. The maximum atomic E-state index is 13.6. The zero-order chi connectivity index (χ0) is 24.8. The number of hydrogen-bond donors (Lipinski definition) is 1. The third kappa shape index (κ3) is 3.51. The molecular formula is C28H22N4O4. The van der Waals surface area contributed by atoms with Crippen molar-refractivity contribution >= 4 is 22.5 Å². The fourth-order valence-corrected chi connectivity index (χ4v) is 4.46. The first-order chi connectivity index (χ1) is 17.5. The summed E-state index contributed by atoms with van der Waals surface area (Å²) in [6.45, 7) is 1.98. The lowest BCUT2D eigenvalue weighted by molar-refractivity contribution is 0.102. The molecule has 36 heavy (non-hydrogen) atoms. The second kappa shape index (κ2) is 8.42. The highest BCUT2D eigenvalue weighted by atomic mass is 16.7. The Kier molecular flexibility index (Phi) is 5.07. The van der Waals surface area contributed by atoms with Gasteiger partial charge in [0.05, 0.1) is 28.2 Å². The number of aromatic nitrogens is 3. The molecule has 8 nitrogen and oxygen atoms in total. The summed E-state index contributed by atoms with van der Waals surface area (Å²) in [5.74, 6) is 0.920. The number of carbonyl (C=O) groups excluding carboxylic acids is 1. The molecule has 0 bridgehead atoms. The molecule has 178 valence electrons. The van der Waals surface area contributed by atoms with Gasteiger partial charge in [0.1, 0.15) is 5.69 Å². The topological polar surface area (TPSA) is 87.4 Å². The van der Waals surface area contributed by atoms with Crippen LogP contribution in [0.15, 0.2) is 83.7 Å². The molecule has 1 aliphatic rings. The number of carbonyl (C=O) groups is 1. The number of fused-ring (bicyclic) bond motifs is 2. The molecule has 0 radical (unpaired) electrons. The number of amides is 1. The summed E-state index contributed by atoms with van der Waals surface area (Å²) in [4.78, 5) is 31.7. The van der Waals surface area contributed by atoms with Gasteiger partial charge in [0, 0.05) is 18.0 Å². The van der Waals surface area contributed by atoms with E-state index in [1.54, 1.807) is 24.7 Å². The molecule has 0 aliphatic carbocycles. The molecule has 0 spiro atoms. The van der Waals surface area contributed by atoms with E-state index in [0.29, 0.717) is 45.0 Å². The average Bonchev–Trinajstić information content (AvgIpc) is 3.46. The van der Waals surface area contributed by atoms with Crippen LogP contribution in [0.4, 0.5) is 5.69 Å². The summed E-state index contributed by atoms with van der Waals surface area (Å²) in [7, 11) is 1.79. The molecule has 3 aromatic carbocycles. The molecule has 0 saturated carbocycles. The minimum atomic E-state index is -0.387. The van der Waals surface area contributed by atoms with Gasteiger partial charge in [-0.15, -0.1) is 0 Å². The van der Waals surface area contributed by atoms with Crippen molar-refractivity contribution in [2.45, 2.75) is 6.92 Å². The highest BCUT2D eigenvalue weighted by Crippen LogP contribution is 2.36. The number of rotatable bonds is 4. The van der Waals surface area contributed by atoms with Gasteiger partial charge in [0.15, 0.2) is 11.5 Å². The van der Waals surface area contributed by atoms with Gasteiger partial charge in [-0.05, 0) is 49.4 Å². The lowest BCUT2D eigenvalue weighted by atomic mass is 10.0. The number of ether oxygens (including phenoxy) is 2. The molecule has 5 aromatic rings. The second-order valence-corrected chi connectivity index (χ2v) is 8.53. The summed E-state index contributed by atoms with van der Waals surface area (Å²) in [6, 6.07) is 24.0. The van der Waals surface area contributed by atoms with Crippen LogP contribution in [0.25, 0.3) is 27.8 Å². The lowest BCUT2D eigenvalue weighted by Gasteiger charge is -2.11. The Balaban J connectivity index is 1.43. The van der Waals surface area contributed by atoms with Crippen molar-refractivity contribution in [3.8, 4) is 28.4 Å². The Morgan fingerprint density at radius 3 is 2.53 bits per heavy atom. The summed E-state index contributed by atoms with van der Waals surface area (Å²) >= 11 is 0. The van der Waals surface area contributed by atoms with E-state index < -0.39 is 0 Å². The Labute approximate surface area is 206 Å². The molecule has 0 saturated heterocycles. The predicted molar refractivity (Wildman–Crippen MR) is 137 cm³/mol. The van der Waals surface area contributed by atoms with Crippen molar-refractivity contribution in [3.05, 3.63) is 100 Å². The third-order valence-corrected chi connectivity index (χ3v) is 6.42. The van der Waals surface area contributed by atoms with E-state index in [0.717, 1.165) is 5.56 Å². The number of para-hydroxylation sites is 2. The number of benzene rings is 3. The van der Waals surface area contributed by atoms with E-state index in [4.69, 9.17) is 14.5 Å². The smallest absolute Gasteiger partial charge is 0.295 e. The summed E-state index contributed by atoms with van der Waals surface area (Å²) in [5, 5.41) is 3.56. The summed E-state index contributed by atoms with van der Waals surface area (Å²) in [5.41, 5.74) is 3.79. The van der Waals surface area contributed by atoms with Gasteiger partial charge >= 0.3 is 0 Å². The molecule has 0 atom stereocenters. The van der Waals surface area contributed by atoms with Crippen molar-refractivity contribution < 1.29 is 14.3 Å². The van der Waals surface area contributed by atoms with Crippen LogP contribution in [0.1, 0.15) is 16.1 Å². The lowest BCUT2D eigenvalue weighted by Crippen LogP contribution is -2.23. The normalized spacial score (nSPS) is 12.2. The molecule has 2 aromatic heterocycles. The second-order valence-electron chi connectivity index (χ2n) is 8.53. The van der Waals surface area contributed by atoms with Gasteiger partial charge < -0.3 is 14.8 Å². The largest absolute Gasteiger partial charge is 0.454 e. The number of nitrogens with zero attached hydrogens (tertiary/aromatic N) is 3. The van der Waals surface area contributed by atoms with Gasteiger partial charge in [-0.1, -0.05) is 36.4 Å². The van der Waals surface area contributed by atoms with E-state index in [2.05, 4.69) is 5.32 Å². The Morgan fingerprint density at radius 2 is 1.69 bits per heavy atom. The molecule has 8 heteroatoms. The number of nitrogens with one attached hydrogen (secondary N) is 1. The van der Waals surface area contributed by atoms with Crippen molar-refractivity contribution in [1.29, 1.82) is 0 Å². The minimum absolute atomic E-state index is 0.175. The maximum absolute atomic E-state index is 13.6. The van der Waals surface area contributed by atoms with Crippen molar-refractivity contribution in [2.75, 3.05) is 12.1 Å². The number of hydrogen-bond acceptors (Lipinski definition) is 5. The number of anilines is 1. The fraction of sp³-hybridized carbons (Fsp3) is 0.107. The Bertz CT molecular complexity index is 1700. The number of pyridine rings is 1. The van der Waals surface area contributed by atoms with Crippen LogP contribution in [0, 0.1) is 6.92 Å². The van der Waals surface area contributed by atoms with Crippen LogP contribution in [0.5, 0.6) is 11.5 Å². The molecule has 1 amide bonds. The first kappa shape index (κ1) is 21.7. The van der Waals surface area contributed by atoms with Crippen molar-refractivity contribution in [2.24, 2.45) is 7.05 Å². The fourth-order valence-electron chi connectivity index (χ4n) is 4.46. The highest BCUT2D eigenvalue weighted by Gasteiger charge is 2.21. The standard InChI is InChI=1S/C28H22N4O4/c1-17-26(28(34)32(31(17)2)19-8-4-3-5-9-19)30-27(33)21-15-23(29-22-11-7-6-10-20(21)22)18-12-13-24-25(14-18)36-16-35-24/h3-15H,16H2,1-2H3,(H,30,33). The first-order valence-electron chi connectivity index (χ1n) is 11.5. The molecule has 0 unspecified atom stereocenters. The third-order valence-electron chi connectivity index (χ3n) is 6.42. The molecule has 3 heterocycles. The summed E-state index contributed by atoms with van der Waals surface area (Å²) in [6.07, 6.45) is 0. The minimum Gasteiger partial charge on any atom is -0.454 e. The van der Waals surface area contributed by atoms with Crippen LogP contribution in [0.2, 0.25) is 0 Å².